The summed E-state index contributed by atoms with van der Waals surface area (Å²) < 4.78 is 0. The molecule has 2 aliphatic heterocycles. The maximum atomic E-state index is 13.6. The molecule has 1 N–H and O–H groups in total. The number of carbonyl (C=O) groups is 1. The molecule has 1 amide bonds. The van der Waals surface area contributed by atoms with Crippen LogP contribution in [0.3, 0.4) is 0 Å². The van der Waals surface area contributed by atoms with Crippen LogP contribution in [0.1, 0.15) is 43.6 Å². The summed E-state index contributed by atoms with van der Waals surface area (Å²) in [5.74, 6) is 0.301. The van der Waals surface area contributed by atoms with Crippen molar-refractivity contribution in [2.24, 2.45) is 0 Å². The van der Waals surface area contributed by atoms with E-state index in [2.05, 4.69) is 68.2 Å². The standard InChI is InChI=1S/C28H36N4O/c33-28(32-16-6-1-2-7-17-32)25(23-9-4-3-5-10-23)14-18-30-19-21-31(22-20-30)26-12-8-11-24-13-15-29-27(24)26/h3-5,8-13,15,25,29H,1-2,6-7,14,16-22H2. The average molecular weight is 445 g/mol. The highest BCUT2D eigenvalue weighted by Crippen LogP contribution is 2.28. The van der Waals surface area contributed by atoms with Crippen molar-refractivity contribution in [2.75, 3.05) is 50.7 Å². The van der Waals surface area contributed by atoms with Crippen LogP contribution in [-0.2, 0) is 4.79 Å². The topological polar surface area (TPSA) is 42.6 Å². The second-order valence-corrected chi connectivity index (χ2v) is 9.54. The van der Waals surface area contributed by atoms with Crippen LogP contribution < -0.4 is 4.90 Å². The Hall–Kier alpha value is -2.79. The number of rotatable bonds is 6. The first-order valence-corrected chi connectivity index (χ1v) is 12.7. The monoisotopic (exact) mass is 444 g/mol. The third-order valence-electron chi connectivity index (χ3n) is 7.43. The molecule has 2 aromatic carbocycles. The average Bonchev–Trinajstić information content (AvgIpc) is 3.19. The summed E-state index contributed by atoms with van der Waals surface area (Å²) >= 11 is 0. The number of hydrogen-bond acceptors (Lipinski definition) is 3. The van der Waals surface area contributed by atoms with Gasteiger partial charge in [-0.3, -0.25) is 9.69 Å². The van der Waals surface area contributed by atoms with E-state index in [1.54, 1.807) is 0 Å². The molecule has 3 heterocycles. The van der Waals surface area contributed by atoms with E-state index in [1.165, 1.54) is 35.0 Å². The maximum absolute atomic E-state index is 13.6. The van der Waals surface area contributed by atoms with E-state index in [-0.39, 0.29) is 5.92 Å². The molecular weight excluding hydrogens is 408 g/mol. The molecule has 2 saturated heterocycles. The van der Waals surface area contributed by atoms with Gasteiger partial charge < -0.3 is 14.8 Å². The van der Waals surface area contributed by atoms with Gasteiger partial charge in [0.25, 0.3) is 0 Å². The molecule has 1 aromatic heterocycles. The van der Waals surface area contributed by atoms with Gasteiger partial charge in [-0.1, -0.05) is 55.3 Å². The minimum Gasteiger partial charge on any atom is -0.367 e. The van der Waals surface area contributed by atoms with Crippen LogP contribution in [0.15, 0.2) is 60.8 Å². The Labute approximate surface area is 197 Å². The lowest BCUT2D eigenvalue weighted by Crippen LogP contribution is -2.47. The first kappa shape index (κ1) is 22.0. The molecule has 0 spiro atoms. The number of carbonyl (C=O) groups excluding carboxylic acids is 1. The number of para-hydroxylation sites is 1. The quantitative estimate of drug-likeness (QED) is 0.590. The highest BCUT2D eigenvalue weighted by Gasteiger charge is 2.28. The number of benzene rings is 2. The fraction of sp³-hybridized carbons (Fsp3) is 0.464. The predicted octanol–water partition coefficient (Wildman–Crippen LogP) is 4.87. The molecule has 0 saturated carbocycles. The van der Waals surface area contributed by atoms with Crippen molar-refractivity contribution in [2.45, 2.75) is 38.0 Å². The Morgan fingerprint density at radius 2 is 1.58 bits per heavy atom. The number of amides is 1. The number of hydrogen-bond donors (Lipinski definition) is 1. The van der Waals surface area contributed by atoms with Gasteiger partial charge in [0.05, 0.1) is 17.1 Å². The Morgan fingerprint density at radius 3 is 2.33 bits per heavy atom. The largest absolute Gasteiger partial charge is 0.367 e. The predicted molar refractivity (Wildman–Crippen MR) is 136 cm³/mol. The van der Waals surface area contributed by atoms with Crippen LogP contribution in [0.5, 0.6) is 0 Å². The number of anilines is 1. The third kappa shape index (κ3) is 5.09. The van der Waals surface area contributed by atoms with Gasteiger partial charge in [0, 0.05) is 50.9 Å². The van der Waals surface area contributed by atoms with Crippen molar-refractivity contribution >= 4 is 22.5 Å². The highest BCUT2D eigenvalue weighted by molar-refractivity contribution is 5.91. The van der Waals surface area contributed by atoms with E-state index in [9.17, 15) is 4.79 Å². The zero-order chi connectivity index (χ0) is 22.5. The Bertz CT molecular complexity index is 1030. The molecule has 0 bridgehead atoms. The number of piperazine rings is 1. The summed E-state index contributed by atoms with van der Waals surface area (Å²) in [6.07, 6.45) is 7.70. The van der Waals surface area contributed by atoms with Gasteiger partial charge in [0.1, 0.15) is 0 Å². The van der Waals surface area contributed by atoms with E-state index in [0.717, 1.165) is 65.1 Å². The summed E-state index contributed by atoms with van der Waals surface area (Å²) in [7, 11) is 0. The second-order valence-electron chi connectivity index (χ2n) is 9.54. The lowest BCUT2D eigenvalue weighted by Gasteiger charge is -2.37. The van der Waals surface area contributed by atoms with Crippen molar-refractivity contribution < 1.29 is 4.79 Å². The van der Waals surface area contributed by atoms with Crippen LogP contribution in [0.25, 0.3) is 10.9 Å². The zero-order valence-electron chi connectivity index (χ0n) is 19.6. The molecule has 174 valence electrons. The fourth-order valence-corrected chi connectivity index (χ4v) is 5.49. The number of nitrogens with zero attached hydrogens (tertiary/aromatic N) is 3. The number of likely N-dealkylation sites (tertiary alicyclic amines) is 1. The third-order valence-corrected chi connectivity index (χ3v) is 7.43. The van der Waals surface area contributed by atoms with Crippen LogP contribution in [0.4, 0.5) is 5.69 Å². The van der Waals surface area contributed by atoms with Crippen LogP contribution in [-0.4, -0.2) is 66.5 Å². The maximum Gasteiger partial charge on any atom is 0.230 e. The van der Waals surface area contributed by atoms with Crippen LogP contribution in [0, 0.1) is 0 Å². The molecule has 1 atom stereocenters. The van der Waals surface area contributed by atoms with Crippen molar-refractivity contribution in [3.63, 3.8) is 0 Å². The molecule has 0 aliphatic carbocycles. The van der Waals surface area contributed by atoms with Gasteiger partial charge in [-0.25, -0.2) is 0 Å². The summed E-state index contributed by atoms with van der Waals surface area (Å²) in [4.78, 5) is 24.1. The molecule has 5 rings (SSSR count). The molecule has 2 fully saturated rings. The molecule has 1 unspecified atom stereocenters. The molecule has 0 radical (unpaired) electrons. The Balaban J connectivity index is 1.22. The highest BCUT2D eigenvalue weighted by atomic mass is 16.2. The minimum atomic E-state index is -0.0324. The van der Waals surface area contributed by atoms with Gasteiger partial charge in [-0.2, -0.15) is 0 Å². The van der Waals surface area contributed by atoms with Gasteiger partial charge in [-0.05, 0) is 43.5 Å². The SMILES string of the molecule is O=C(C(CCN1CCN(c2cccc3cc[nH]c23)CC1)c1ccccc1)N1CCCCCC1. The zero-order valence-corrected chi connectivity index (χ0v) is 19.6. The normalized spacial score (nSPS) is 18.9. The van der Waals surface area contributed by atoms with E-state index < -0.39 is 0 Å². The van der Waals surface area contributed by atoms with Crippen molar-refractivity contribution in [3.05, 3.63) is 66.4 Å². The second kappa shape index (κ2) is 10.4. The summed E-state index contributed by atoms with van der Waals surface area (Å²) in [5, 5.41) is 1.27. The van der Waals surface area contributed by atoms with E-state index >= 15 is 0 Å². The smallest absolute Gasteiger partial charge is 0.230 e. The summed E-state index contributed by atoms with van der Waals surface area (Å²) in [6, 6.07) is 19.1. The summed E-state index contributed by atoms with van der Waals surface area (Å²) in [5.41, 5.74) is 3.71. The van der Waals surface area contributed by atoms with E-state index in [4.69, 9.17) is 0 Å². The lowest BCUT2D eigenvalue weighted by molar-refractivity contribution is -0.133. The van der Waals surface area contributed by atoms with Gasteiger partial charge in [0.2, 0.25) is 5.91 Å². The molecule has 33 heavy (non-hydrogen) atoms. The van der Waals surface area contributed by atoms with Crippen molar-refractivity contribution in [1.29, 1.82) is 0 Å². The molecule has 5 nitrogen and oxygen atoms in total. The summed E-state index contributed by atoms with van der Waals surface area (Å²) in [6.45, 7) is 6.94. The molecule has 5 heteroatoms. The first-order valence-electron chi connectivity index (χ1n) is 12.7. The van der Waals surface area contributed by atoms with Gasteiger partial charge >= 0.3 is 0 Å². The Morgan fingerprint density at radius 1 is 0.818 bits per heavy atom. The minimum absolute atomic E-state index is 0.0324. The Kier molecular flexibility index (Phi) is 6.96. The van der Waals surface area contributed by atoms with Crippen molar-refractivity contribution in [1.82, 2.24) is 14.8 Å². The number of H-pyrrole nitrogens is 1. The van der Waals surface area contributed by atoms with Crippen LogP contribution in [0.2, 0.25) is 0 Å². The molecule has 2 aliphatic rings. The lowest BCUT2D eigenvalue weighted by atomic mass is 9.93. The van der Waals surface area contributed by atoms with Crippen LogP contribution >= 0.6 is 0 Å². The van der Waals surface area contributed by atoms with E-state index in [1.807, 2.05) is 12.3 Å². The fourth-order valence-electron chi connectivity index (χ4n) is 5.49. The molecule has 3 aromatic rings. The van der Waals surface area contributed by atoms with Crippen molar-refractivity contribution in [3.8, 4) is 0 Å². The van der Waals surface area contributed by atoms with E-state index in [0.29, 0.717) is 5.91 Å². The number of aromatic amines is 1. The molecular formula is C28H36N4O. The number of aromatic nitrogens is 1. The number of fused-ring (bicyclic) bond motifs is 1. The van der Waals surface area contributed by atoms with Gasteiger partial charge in [0.15, 0.2) is 0 Å². The van der Waals surface area contributed by atoms with Gasteiger partial charge in [-0.15, -0.1) is 0 Å². The first-order chi connectivity index (χ1) is 16.3. The number of nitrogens with one attached hydrogen (secondary N) is 1.